The van der Waals surface area contributed by atoms with Crippen molar-refractivity contribution in [2.75, 3.05) is 31.6 Å². The van der Waals surface area contributed by atoms with Gasteiger partial charge in [0.1, 0.15) is 12.6 Å². The van der Waals surface area contributed by atoms with Gasteiger partial charge in [-0.3, -0.25) is 13.9 Å². The van der Waals surface area contributed by atoms with Gasteiger partial charge in [0.05, 0.1) is 24.8 Å². The second-order valence-electron chi connectivity index (χ2n) is 11.0. The van der Waals surface area contributed by atoms with E-state index >= 15 is 0 Å². The Balaban J connectivity index is 1.67. The molecule has 1 saturated carbocycles. The normalized spacial score (nSPS) is 14.3. The summed E-state index contributed by atoms with van der Waals surface area (Å²) in [7, 11) is -1.33. The highest BCUT2D eigenvalue weighted by molar-refractivity contribution is 7.92. The summed E-state index contributed by atoms with van der Waals surface area (Å²) in [6.45, 7) is 1.66. The largest absolute Gasteiger partial charge is 0.493 e. The van der Waals surface area contributed by atoms with E-state index in [9.17, 15) is 18.0 Å². The molecule has 10 heteroatoms. The summed E-state index contributed by atoms with van der Waals surface area (Å²) in [6, 6.07) is 21.9. The molecular weight excluding hydrogens is 578 g/mol. The maximum atomic E-state index is 14.2. The molecule has 4 rings (SSSR count). The fraction of sp³-hybridized carbons (Fsp3) is 0.412. The first-order chi connectivity index (χ1) is 21.3. The zero-order valence-corrected chi connectivity index (χ0v) is 26.6. The molecule has 0 unspecified atom stereocenters. The molecule has 0 saturated heterocycles. The fourth-order valence-electron chi connectivity index (χ4n) is 5.67. The van der Waals surface area contributed by atoms with Crippen molar-refractivity contribution in [3.05, 3.63) is 84.4 Å². The minimum Gasteiger partial charge on any atom is -0.493 e. The third-order valence-electron chi connectivity index (χ3n) is 8.09. The van der Waals surface area contributed by atoms with Crippen molar-refractivity contribution >= 4 is 27.5 Å². The molecular formula is C34H43N3O6S. The molecule has 1 atom stereocenters. The lowest BCUT2D eigenvalue weighted by Gasteiger charge is -2.34. The molecule has 0 bridgehead atoms. The number of carbonyl (C=O) groups excluding carboxylic acids is 2. The van der Waals surface area contributed by atoms with Crippen LogP contribution in [0.3, 0.4) is 0 Å². The summed E-state index contributed by atoms with van der Waals surface area (Å²) in [6.07, 6.45) is 6.06. The van der Waals surface area contributed by atoms with Gasteiger partial charge in [-0.2, -0.15) is 0 Å². The van der Waals surface area contributed by atoms with E-state index in [4.69, 9.17) is 9.47 Å². The van der Waals surface area contributed by atoms with Crippen LogP contribution < -0.4 is 19.1 Å². The standard InChI is InChI=1S/C34H43N3O6S/c1-4-30(34(39)35-27-16-10-6-11-17-27)36(23-22-26-14-8-5-9-15-26)33(38)25-37(28-18-12-7-13-19-28)44(40,41)29-20-21-31(42-2)32(24-29)43-3/h5,7-9,12-15,18-21,24,27,30H,4,6,10-11,16-17,22-23,25H2,1-3H3,(H,35,39)/t30-/m1/s1. The molecule has 1 fully saturated rings. The molecule has 44 heavy (non-hydrogen) atoms. The summed E-state index contributed by atoms with van der Waals surface area (Å²) in [5.41, 5.74) is 1.35. The quantitative estimate of drug-likeness (QED) is 0.265. The number of anilines is 1. The van der Waals surface area contributed by atoms with E-state index in [-0.39, 0.29) is 29.1 Å². The average molecular weight is 622 g/mol. The van der Waals surface area contributed by atoms with Crippen LogP contribution in [0.5, 0.6) is 11.5 Å². The molecule has 236 valence electrons. The van der Waals surface area contributed by atoms with E-state index in [0.717, 1.165) is 42.0 Å². The number of amides is 2. The number of ether oxygens (including phenoxy) is 2. The topological polar surface area (TPSA) is 105 Å². The van der Waals surface area contributed by atoms with Crippen molar-refractivity contribution in [2.45, 2.75) is 68.8 Å². The number of rotatable bonds is 14. The summed E-state index contributed by atoms with van der Waals surface area (Å²) < 4.78 is 40.1. The van der Waals surface area contributed by atoms with Gasteiger partial charge in [-0.15, -0.1) is 0 Å². The number of carbonyl (C=O) groups is 2. The van der Waals surface area contributed by atoms with E-state index < -0.39 is 28.5 Å². The number of para-hydroxylation sites is 1. The molecule has 1 aliphatic rings. The van der Waals surface area contributed by atoms with Gasteiger partial charge in [-0.05, 0) is 55.5 Å². The molecule has 2 amide bonds. The minimum atomic E-state index is -4.23. The van der Waals surface area contributed by atoms with Crippen molar-refractivity contribution in [1.82, 2.24) is 10.2 Å². The number of hydrogen-bond donors (Lipinski definition) is 1. The second kappa shape index (κ2) is 15.6. The predicted octanol–water partition coefficient (Wildman–Crippen LogP) is 5.20. The second-order valence-corrected chi connectivity index (χ2v) is 12.8. The summed E-state index contributed by atoms with van der Waals surface area (Å²) in [5.74, 6) is -0.0206. The Hall–Kier alpha value is -4.05. The molecule has 0 heterocycles. The van der Waals surface area contributed by atoms with Crippen LogP contribution >= 0.6 is 0 Å². The molecule has 0 radical (unpaired) electrons. The molecule has 0 aliphatic heterocycles. The smallest absolute Gasteiger partial charge is 0.264 e. The Morgan fingerprint density at radius 2 is 1.52 bits per heavy atom. The first kappa shape index (κ1) is 32.9. The molecule has 0 aromatic heterocycles. The Kier molecular flexibility index (Phi) is 11.7. The van der Waals surface area contributed by atoms with Gasteiger partial charge in [-0.25, -0.2) is 8.42 Å². The van der Waals surface area contributed by atoms with E-state index in [0.29, 0.717) is 24.3 Å². The lowest BCUT2D eigenvalue weighted by molar-refractivity contribution is -0.140. The van der Waals surface area contributed by atoms with E-state index in [1.807, 2.05) is 37.3 Å². The van der Waals surface area contributed by atoms with Crippen molar-refractivity contribution in [1.29, 1.82) is 0 Å². The molecule has 0 spiro atoms. The van der Waals surface area contributed by atoms with Crippen LogP contribution in [0.15, 0.2) is 83.8 Å². The highest BCUT2D eigenvalue weighted by Gasteiger charge is 2.34. The third kappa shape index (κ3) is 8.11. The predicted molar refractivity (Wildman–Crippen MR) is 171 cm³/mol. The van der Waals surface area contributed by atoms with E-state index in [1.54, 1.807) is 35.2 Å². The van der Waals surface area contributed by atoms with Crippen molar-refractivity contribution < 1.29 is 27.5 Å². The van der Waals surface area contributed by atoms with Crippen molar-refractivity contribution in [3.8, 4) is 11.5 Å². The molecule has 3 aromatic carbocycles. The first-order valence-corrected chi connectivity index (χ1v) is 16.7. The lowest BCUT2D eigenvalue weighted by atomic mass is 9.95. The summed E-state index contributed by atoms with van der Waals surface area (Å²) in [5, 5.41) is 3.18. The number of nitrogens with zero attached hydrogens (tertiary/aromatic N) is 2. The maximum Gasteiger partial charge on any atom is 0.264 e. The minimum absolute atomic E-state index is 0.0512. The molecule has 1 aliphatic carbocycles. The van der Waals surface area contributed by atoms with Gasteiger partial charge >= 0.3 is 0 Å². The summed E-state index contributed by atoms with van der Waals surface area (Å²) >= 11 is 0. The zero-order chi connectivity index (χ0) is 31.5. The SMILES string of the molecule is CC[C@H](C(=O)NC1CCCCC1)N(CCc1ccccc1)C(=O)CN(c1ccccc1)S(=O)(=O)c1ccc(OC)c(OC)c1. The zero-order valence-electron chi connectivity index (χ0n) is 25.8. The Morgan fingerprint density at radius 3 is 2.14 bits per heavy atom. The molecule has 9 nitrogen and oxygen atoms in total. The number of hydrogen-bond acceptors (Lipinski definition) is 6. The highest BCUT2D eigenvalue weighted by Crippen LogP contribution is 2.32. The van der Waals surface area contributed by atoms with Crippen molar-refractivity contribution in [3.63, 3.8) is 0 Å². The van der Waals surface area contributed by atoms with Gasteiger partial charge in [0.15, 0.2) is 11.5 Å². The monoisotopic (exact) mass is 621 g/mol. The van der Waals surface area contributed by atoms with Crippen LogP contribution in [0.4, 0.5) is 5.69 Å². The number of benzene rings is 3. The van der Waals surface area contributed by atoms with Crippen LogP contribution in [0.1, 0.15) is 51.0 Å². The van der Waals surface area contributed by atoms with Gasteiger partial charge < -0.3 is 19.7 Å². The van der Waals surface area contributed by atoms with Crippen LogP contribution in [0, 0.1) is 0 Å². The third-order valence-corrected chi connectivity index (χ3v) is 9.86. The van der Waals surface area contributed by atoms with Gasteiger partial charge in [0.25, 0.3) is 10.0 Å². The number of methoxy groups -OCH3 is 2. The van der Waals surface area contributed by atoms with Gasteiger partial charge in [0.2, 0.25) is 11.8 Å². The average Bonchev–Trinajstić information content (AvgIpc) is 3.06. The summed E-state index contributed by atoms with van der Waals surface area (Å²) in [4.78, 5) is 29.4. The molecule has 3 aromatic rings. The lowest BCUT2D eigenvalue weighted by Crippen LogP contribution is -2.54. The Morgan fingerprint density at radius 1 is 0.886 bits per heavy atom. The van der Waals surface area contributed by atoms with Crippen LogP contribution in [-0.4, -0.2) is 64.5 Å². The van der Waals surface area contributed by atoms with Crippen molar-refractivity contribution in [2.24, 2.45) is 0 Å². The number of sulfonamides is 1. The Labute approximate surface area is 261 Å². The van der Waals surface area contributed by atoms with E-state index in [1.165, 1.54) is 32.4 Å². The van der Waals surface area contributed by atoms with Crippen LogP contribution in [0.25, 0.3) is 0 Å². The highest BCUT2D eigenvalue weighted by atomic mass is 32.2. The molecule has 1 N–H and O–H groups in total. The fourth-order valence-corrected chi connectivity index (χ4v) is 7.10. The van der Waals surface area contributed by atoms with E-state index in [2.05, 4.69) is 5.32 Å². The maximum absolute atomic E-state index is 14.2. The van der Waals surface area contributed by atoms with Gasteiger partial charge in [0, 0.05) is 18.7 Å². The van der Waals surface area contributed by atoms with Crippen LogP contribution in [0.2, 0.25) is 0 Å². The Bertz CT molecular complexity index is 1480. The van der Waals surface area contributed by atoms with Gasteiger partial charge in [-0.1, -0.05) is 74.7 Å². The first-order valence-electron chi connectivity index (χ1n) is 15.2. The number of nitrogens with one attached hydrogen (secondary N) is 1. The van der Waals surface area contributed by atoms with Crippen LogP contribution in [-0.2, 0) is 26.0 Å².